The van der Waals surface area contributed by atoms with Gasteiger partial charge < -0.3 is 9.27 Å². The van der Waals surface area contributed by atoms with Crippen LogP contribution < -0.4 is 10.1 Å². The zero-order valence-corrected chi connectivity index (χ0v) is 35.6. The van der Waals surface area contributed by atoms with Crippen LogP contribution in [0.1, 0.15) is 37.7 Å². The number of hydrogen-bond acceptors (Lipinski definition) is 0. The van der Waals surface area contributed by atoms with Crippen LogP contribution in [0, 0.1) is 0 Å². The van der Waals surface area contributed by atoms with Gasteiger partial charge in [-0.25, -0.2) is 0 Å². The summed E-state index contributed by atoms with van der Waals surface area (Å²) in [5.74, 6) is -39.5. The average Bonchev–Trinajstić information content (AvgIpc) is 3.73. The van der Waals surface area contributed by atoms with Crippen molar-refractivity contribution in [1.29, 1.82) is 0 Å². The fraction of sp³-hybridized carbons (Fsp3) is 0.341. The monoisotopic (exact) mass is 1050 g/mol. The molecule has 0 N–H and O–H groups in total. The Balaban J connectivity index is 0.00000176. The Kier molecular flexibility index (Phi) is 15.4. The predicted molar refractivity (Wildman–Crippen MR) is 216 cm³/mol. The molecule has 0 amide bonds. The first-order chi connectivity index (χ1) is 31.7. The van der Waals surface area contributed by atoms with Crippen LogP contribution in [-0.4, -0.2) is 76.8 Å². The molecule has 0 radical (unpaired) electrons. The van der Waals surface area contributed by atoms with E-state index in [1.54, 1.807) is 36.4 Å². The average molecular weight is 1050 g/mol. The first-order valence-electron chi connectivity index (χ1n) is 20.0. The van der Waals surface area contributed by atoms with Gasteiger partial charge in [-0.3, -0.25) is 12.9 Å². The molecule has 0 saturated heterocycles. The fourth-order valence-corrected chi connectivity index (χ4v) is 8.43. The molecule has 2 aliphatic rings. The standard InChI is InChI=1S/C44H30ClF18N2.BF3.FH/c45-36-26(16-18-30-28-12-2-6-24-8-4-14-32(34(24)28)64(30)22-20-37(46,47)39(50,51)41(54,55)43(58,59)60)10-1-11-27(36)17-19-31-29-13-3-7-25-9-5-15-33(35(25)29)65(31)23-21-38(48,49)40(52,53)42(56,57)44(61,62)63;2-1(3)4;/h2-9,12-19H,1,10-11,20-23H2;;1H/q+1;;/p-1. The topological polar surface area (TPSA) is 7.94 Å². The lowest BCUT2D eigenvalue weighted by atomic mass is 9.93. The lowest BCUT2D eigenvalue weighted by Crippen LogP contribution is -3.00. The summed E-state index contributed by atoms with van der Waals surface area (Å²) in [6.07, 6.45) is -11.7. The number of nitrogens with zero attached hydrogens (tertiary/aromatic N) is 2. The maximum Gasteiger partial charge on any atom is 0.762 e. The molecule has 1 aliphatic carbocycles. The maximum atomic E-state index is 14.8. The summed E-state index contributed by atoms with van der Waals surface area (Å²) in [4.78, 5) is 0. The van der Waals surface area contributed by atoms with Crippen LogP contribution in [0.5, 0.6) is 0 Å². The normalized spacial score (nSPS) is 16.6. The Morgan fingerprint density at radius 3 is 1.64 bits per heavy atom. The minimum absolute atomic E-state index is 0. The maximum absolute atomic E-state index is 14.8. The van der Waals surface area contributed by atoms with Gasteiger partial charge in [0.15, 0.2) is 6.54 Å². The molecule has 380 valence electrons. The molecule has 7 rings (SSSR count). The zero-order chi connectivity index (χ0) is 51.5. The van der Waals surface area contributed by atoms with Crippen molar-refractivity contribution in [3.63, 3.8) is 0 Å². The van der Waals surface area contributed by atoms with Crippen molar-refractivity contribution in [2.75, 3.05) is 6.54 Å². The van der Waals surface area contributed by atoms with Crippen LogP contribution in [0.4, 0.5) is 97.7 Å². The van der Waals surface area contributed by atoms with Crippen molar-refractivity contribution < 1.29 is 101 Å². The van der Waals surface area contributed by atoms with Gasteiger partial charge in [0.1, 0.15) is 0 Å². The summed E-state index contributed by atoms with van der Waals surface area (Å²) >= 11 is 6.84. The number of rotatable bonds is 13. The molecule has 2 nitrogen and oxygen atoms in total. The molecule has 2 heterocycles. The molecule has 1 aromatic heterocycles. The van der Waals surface area contributed by atoms with Gasteiger partial charge in [-0.1, -0.05) is 78.4 Å². The van der Waals surface area contributed by atoms with Gasteiger partial charge in [-0.05, 0) is 59.4 Å². The van der Waals surface area contributed by atoms with Crippen LogP contribution in [0.15, 0.2) is 107 Å². The van der Waals surface area contributed by atoms with Crippen molar-refractivity contribution in [3.05, 3.63) is 118 Å². The van der Waals surface area contributed by atoms with E-state index in [0.717, 1.165) is 9.14 Å². The van der Waals surface area contributed by atoms with Crippen LogP contribution in [-0.2, 0) is 6.54 Å². The Bertz CT molecular complexity index is 2910. The second-order valence-electron chi connectivity index (χ2n) is 15.8. The number of allylic oxidation sites excluding steroid dienone is 6. The van der Waals surface area contributed by atoms with E-state index in [1.807, 2.05) is 0 Å². The summed E-state index contributed by atoms with van der Waals surface area (Å²) in [6.45, 7) is -2.31. The Morgan fingerprint density at radius 2 is 1.09 bits per heavy atom. The van der Waals surface area contributed by atoms with Crippen molar-refractivity contribution in [2.45, 2.75) is 86.5 Å². The Morgan fingerprint density at radius 1 is 0.586 bits per heavy atom. The number of alkyl halides is 18. The van der Waals surface area contributed by atoms with Gasteiger partial charge in [0.05, 0.1) is 17.4 Å². The molecule has 26 heteroatoms. The SMILES string of the molecule is FB(F)F.FC(F)(F)C(F)(F)C(F)(F)C(F)(F)CCn1/c(=C/C=C2\CCCC(/C=C/C3=[N+](CCC(F)(F)C(F)(F)C(F)(F)C(F)(F)F)c4cccc5cccc3c45)=C2Cl)c2cccc3cccc1c32.[F-]. The highest BCUT2D eigenvalue weighted by atomic mass is 35.5. The third-order valence-corrected chi connectivity index (χ3v) is 12.0. The minimum Gasteiger partial charge on any atom is -1.00 e. The number of aromatic nitrogens is 1. The van der Waals surface area contributed by atoms with Crippen molar-refractivity contribution >= 4 is 69.1 Å². The van der Waals surface area contributed by atoms with Gasteiger partial charge in [-0.2, -0.15) is 83.6 Å². The highest BCUT2D eigenvalue weighted by Gasteiger charge is 2.82. The molecular weight excluding hydrogens is 1020 g/mol. The number of halogens is 23. The van der Waals surface area contributed by atoms with Crippen LogP contribution in [0.25, 0.3) is 38.5 Å². The molecule has 4 aromatic carbocycles. The van der Waals surface area contributed by atoms with E-state index >= 15 is 0 Å². The van der Waals surface area contributed by atoms with Crippen molar-refractivity contribution in [2.24, 2.45) is 0 Å². The number of hydrogen-bond donors (Lipinski definition) is 0. The van der Waals surface area contributed by atoms with E-state index in [0.29, 0.717) is 50.1 Å². The van der Waals surface area contributed by atoms with Crippen LogP contribution in [0.3, 0.4) is 0 Å². The Hall–Kier alpha value is -5.36. The van der Waals surface area contributed by atoms with E-state index in [2.05, 4.69) is 0 Å². The molecule has 0 unspecified atom stereocenters. The first kappa shape index (κ1) is 55.6. The van der Waals surface area contributed by atoms with Gasteiger partial charge in [0, 0.05) is 51.8 Å². The summed E-state index contributed by atoms with van der Waals surface area (Å²) < 4.78 is 280. The van der Waals surface area contributed by atoms with Gasteiger partial charge in [0.25, 0.3) is 0 Å². The molecule has 0 saturated carbocycles. The summed E-state index contributed by atoms with van der Waals surface area (Å²) in [7, 11) is -3.67. The van der Waals surface area contributed by atoms with Crippen molar-refractivity contribution in [3.8, 4) is 0 Å². The van der Waals surface area contributed by atoms with Gasteiger partial charge in [0.2, 0.25) is 11.4 Å². The van der Waals surface area contributed by atoms with E-state index in [-0.39, 0.29) is 44.8 Å². The smallest absolute Gasteiger partial charge is 0.762 e. The molecule has 5 aromatic rings. The summed E-state index contributed by atoms with van der Waals surface area (Å²) in [5.41, 5.74) is 1.52. The lowest BCUT2D eigenvalue weighted by molar-refractivity contribution is -0.452. The quantitative estimate of drug-likeness (QED) is 0.0631. The third-order valence-electron chi connectivity index (χ3n) is 11.5. The van der Waals surface area contributed by atoms with E-state index in [1.165, 1.54) is 60.7 Å². The van der Waals surface area contributed by atoms with Gasteiger partial charge in [-0.15, -0.1) is 0 Å². The third kappa shape index (κ3) is 9.70. The molecule has 0 fully saturated rings. The molecule has 70 heavy (non-hydrogen) atoms. The summed E-state index contributed by atoms with van der Waals surface area (Å²) in [5, 5.41) is 2.44. The number of aryl methyl sites for hydroxylation is 1. The fourth-order valence-electron chi connectivity index (χ4n) is 8.11. The van der Waals surface area contributed by atoms with E-state index < -0.39 is 81.4 Å². The molecule has 0 bridgehead atoms. The second-order valence-corrected chi connectivity index (χ2v) is 16.1. The van der Waals surface area contributed by atoms with Gasteiger partial charge >= 0.3 is 55.4 Å². The first-order valence-corrected chi connectivity index (χ1v) is 20.4. The van der Waals surface area contributed by atoms with E-state index in [4.69, 9.17) is 11.6 Å². The van der Waals surface area contributed by atoms with Crippen molar-refractivity contribution in [1.82, 2.24) is 4.57 Å². The predicted octanol–water partition coefficient (Wildman–Crippen LogP) is 12.4. The van der Waals surface area contributed by atoms with Crippen LogP contribution >= 0.6 is 11.6 Å². The summed E-state index contributed by atoms with van der Waals surface area (Å²) in [6, 6.07) is 18.5. The van der Waals surface area contributed by atoms with Crippen LogP contribution in [0.2, 0.25) is 0 Å². The second kappa shape index (κ2) is 19.3. The molecule has 0 spiro atoms. The molecule has 0 atom stereocenters. The zero-order valence-electron chi connectivity index (χ0n) is 34.9. The minimum atomic E-state index is -7.07. The molecular formula is C44H30BClF22N2. The van der Waals surface area contributed by atoms with E-state index in [9.17, 15) is 92.0 Å². The highest BCUT2D eigenvalue weighted by molar-refractivity contribution is 6.33. The molecule has 1 aliphatic heterocycles. The number of benzene rings is 4. The Labute approximate surface area is 385 Å². The lowest BCUT2D eigenvalue weighted by Gasteiger charge is -2.33. The highest BCUT2D eigenvalue weighted by Crippen LogP contribution is 2.56. The largest absolute Gasteiger partial charge is 1.00 e.